The van der Waals surface area contributed by atoms with Crippen LogP contribution in [0.25, 0.3) is 10.9 Å². The van der Waals surface area contributed by atoms with E-state index in [1.54, 1.807) is 0 Å². The fraction of sp³-hybridized carbons (Fsp3) is 0.407. The molecule has 5 heteroatoms. The van der Waals surface area contributed by atoms with Crippen LogP contribution in [0.15, 0.2) is 48.5 Å². The quantitative estimate of drug-likeness (QED) is 0.517. The van der Waals surface area contributed by atoms with E-state index in [0.717, 1.165) is 42.6 Å². The number of fused-ring (bicyclic) bond motifs is 1. The lowest BCUT2D eigenvalue weighted by Gasteiger charge is -2.35. The van der Waals surface area contributed by atoms with Gasteiger partial charge in [0.2, 0.25) is 0 Å². The van der Waals surface area contributed by atoms with E-state index in [4.69, 9.17) is 11.6 Å². The predicted molar refractivity (Wildman–Crippen MR) is 136 cm³/mol. The van der Waals surface area contributed by atoms with Crippen molar-refractivity contribution in [2.24, 2.45) is 0 Å². The van der Waals surface area contributed by atoms with Crippen LogP contribution in [0.2, 0.25) is 5.02 Å². The van der Waals surface area contributed by atoms with Gasteiger partial charge in [0.05, 0.1) is 12.2 Å². The van der Waals surface area contributed by atoms with Crippen molar-refractivity contribution in [3.8, 4) is 11.8 Å². The van der Waals surface area contributed by atoms with Gasteiger partial charge in [0, 0.05) is 40.7 Å². The Kier molecular flexibility index (Phi) is 7.42. The molecule has 0 atom stereocenters. The maximum Gasteiger partial charge on any atom is 0.0931 e. The zero-order chi connectivity index (χ0) is 22.5. The zero-order valence-electron chi connectivity index (χ0n) is 19.4. The summed E-state index contributed by atoms with van der Waals surface area (Å²) in [6.07, 6.45) is 2.49. The van der Waals surface area contributed by atoms with Crippen molar-refractivity contribution in [3.63, 3.8) is 0 Å². The molecule has 0 unspecified atom stereocenters. The van der Waals surface area contributed by atoms with E-state index in [2.05, 4.69) is 76.8 Å². The van der Waals surface area contributed by atoms with Crippen molar-refractivity contribution in [2.75, 3.05) is 39.0 Å². The minimum Gasteiger partial charge on any atom is -0.374 e. The summed E-state index contributed by atoms with van der Waals surface area (Å²) in [6.45, 7) is 7.04. The minimum atomic E-state index is 0.598. The number of benzene rings is 2. The second kappa shape index (κ2) is 10.4. The highest BCUT2D eigenvalue weighted by atomic mass is 35.5. The van der Waals surface area contributed by atoms with E-state index in [1.165, 1.54) is 29.3 Å². The summed E-state index contributed by atoms with van der Waals surface area (Å²) in [4.78, 5) is 4.96. The normalized spacial score (nSPS) is 15.2. The number of piperidine rings is 1. The lowest BCUT2D eigenvalue weighted by atomic mass is 10.0. The molecule has 1 aliphatic rings. The molecule has 4 nitrogen and oxygen atoms in total. The number of rotatable bonds is 6. The molecule has 2 heterocycles. The maximum atomic E-state index is 5.95. The Morgan fingerprint density at radius 1 is 1.09 bits per heavy atom. The molecular formula is C27H33ClN4. The number of aromatic nitrogens is 1. The molecule has 0 amide bonds. The monoisotopic (exact) mass is 448 g/mol. The fourth-order valence-electron chi connectivity index (χ4n) is 4.61. The average molecular weight is 449 g/mol. The Labute approximate surface area is 197 Å². The van der Waals surface area contributed by atoms with Gasteiger partial charge in [0.25, 0.3) is 0 Å². The second-order valence-electron chi connectivity index (χ2n) is 8.76. The summed E-state index contributed by atoms with van der Waals surface area (Å²) >= 11 is 5.95. The molecule has 1 aliphatic heterocycles. The molecule has 168 valence electrons. The molecule has 0 bridgehead atoms. The third kappa shape index (κ3) is 5.30. The van der Waals surface area contributed by atoms with Crippen molar-refractivity contribution in [1.82, 2.24) is 14.4 Å². The van der Waals surface area contributed by atoms with Crippen molar-refractivity contribution in [3.05, 3.63) is 64.8 Å². The number of aryl methyl sites for hydroxylation is 1. The Bertz CT molecular complexity index is 1100. The molecule has 0 spiro atoms. The molecule has 1 aromatic heterocycles. The van der Waals surface area contributed by atoms with E-state index in [1.807, 2.05) is 24.3 Å². The molecule has 0 aliphatic carbocycles. The summed E-state index contributed by atoms with van der Waals surface area (Å²) < 4.78 is 2.33. The van der Waals surface area contributed by atoms with E-state index in [-0.39, 0.29) is 0 Å². The van der Waals surface area contributed by atoms with Crippen LogP contribution in [0.5, 0.6) is 0 Å². The number of likely N-dealkylation sites (tertiary alicyclic amines) is 1. The smallest absolute Gasteiger partial charge is 0.0931 e. The third-order valence-electron chi connectivity index (χ3n) is 6.48. The SMILES string of the molecule is CCn1c(C#CCNc2ccc(Cl)cc2)cc2c(CN3CCC(N(C)C)CC3)cccc21. The molecule has 3 aromatic rings. The van der Waals surface area contributed by atoms with Gasteiger partial charge in [-0.3, -0.25) is 4.90 Å². The van der Waals surface area contributed by atoms with Crippen LogP contribution in [0.1, 0.15) is 31.0 Å². The van der Waals surface area contributed by atoms with Gasteiger partial charge in [-0.05, 0) is 94.8 Å². The number of hydrogen-bond acceptors (Lipinski definition) is 3. The molecule has 0 radical (unpaired) electrons. The van der Waals surface area contributed by atoms with Gasteiger partial charge in [0.1, 0.15) is 0 Å². The van der Waals surface area contributed by atoms with Crippen molar-refractivity contribution in [1.29, 1.82) is 0 Å². The first kappa shape index (κ1) is 22.7. The van der Waals surface area contributed by atoms with Crippen LogP contribution in [0.4, 0.5) is 5.69 Å². The number of nitrogens with zero attached hydrogens (tertiary/aromatic N) is 3. The first-order valence-corrected chi connectivity index (χ1v) is 11.9. The topological polar surface area (TPSA) is 23.4 Å². The summed E-state index contributed by atoms with van der Waals surface area (Å²) in [5.41, 5.74) is 4.79. The molecular weight excluding hydrogens is 416 g/mol. The van der Waals surface area contributed by atoms with Gasteiger partial charge in [-0.25, -0.2) is 0 Å². The van der Waals surface area contributed by atoms with Gasteiger partial charge >= 0.3 is 0 Å². The third-order valence-corrected chi connectivity index (χ3v) is 6.73. The summed E-state index contributed by atoms with van der Waals surface area (Å²) in [6, 6.07) is 17.4. The molecule has 2 aromatic carbocycles. The Hall–Kier alpha value is -2.45. The molecule has 1 saturated heterocycles. The lowest BCUT2D eigenvalue weighted by Crippen LogP contribution is -2.41. The number of halogens is 1. The van der Waals surface area contributed by atoms with Crippen molar-refractivity contribution < 1.29 is 0 Å². The Morgan fingerprint density at radius 2 is 1.84 bits per heavy atom. The molecule has 0 saturated carbocycles. The zero-order valence-corrected chi connectivity index (χ0v) is 20.1. The summed E-state index contributed by atoms with van der Waals surface area (Å²) in [5.74, 6) is 6.68. The first-order chi connectivity index (χ1) is 15.5. The van der Waals surface area contributed by atoms with Gasteiger partial charge in [-0.1, -0.05) is 29.7 Å². The summed E-state index contributed by atoms with van der Waals surface area (Å²) in [7, 11) is 4.39. The van der Waals surface area contributed by atoms with E-state index < -0.39 is 0 Å². The Balaban J connectivity index is 1.48. The van der Waals surface area contributed by atoms with Crippen LogP contribution in [-0.4, -0.2) is 54.1 Å². The van der Waals surface area contributed by atoms with E-state index in [9.17, 15) is 0 Å². The minimum absolute atomic E-state index is 0.598. The highest BCUT2D eigenvalue weighted by molar-refractivity contribution is 6.30. The Morgan fingerprint density at radius 3 is 2.53 bits per heavy atom. The number of hydrogen-bond donors (Lipinski definition) is 1. The van der Waals surface area contributed by atoms with Gasteiger partial charge in [0.15, 0.2) is 0 Å². The standard InChI is InChI=1S/C27H33ClN4/c1-4-32-25(8-6-16-29-23-12-10-22(28)11-13-23)19-26-21(7-5-9-27(26)32)20-31-17-14-24(15-18-31)30(2)3/h5,7,9-13,19,24,29H,4,14-18,20H2,1-3H3. The van der Waals surface area contributed by atoms with E-state index in [0.29, 0.717) is 12.6 Å². The van der Waals surface area contributed by atoms with Crippen molar-refractivity contribution in [2.45, 2.75) is 38.9 Å². The summed E-state index contributed by atoms with van der Waals surface area (Å²) in [5, 5.41) is 5.41. The van der Waals surface area contributed by atoms with Crippen LogP contribution in [0.3, 0.4) is 0 Å². The first-order valence-electron chi connectivity index (χ1n) is 11.5. The molecule has 1 N–H and O–H groups in total. The van der Waals surface area contributed by atoms with Crippen LogP contribution >= 0.6 is 11.6 Å². The second-order valence-corrected chi connectivity index (χ2v) is 9.19. The molecule has 4 rings (SSSR count). The number of nitrogens with one attached hydrogen (secondary N) is 1. The predicted octanol–water partition coefficient (Wildman–Crippen LogP) is 5.30. The van der Waals surface area contributed by atoms with Crippen molar-refractivity contribution >= 4 is 28.2 Å². The largest absolute Gasteiger partial charge is 0.374 e. The van der Waals surface area contributed by atoms with Gasteiger partial charge in [-0.15, -0.1) is 0 Å². The lowest BCUT2D eigenvalue weighted by molar-refractivity contribution is 0.140. The van der Waals surface area contributed by atoms with E-state index >= 15 is 0 Å². The van der Waals surface area contributed by atoms with Crippen LogP contribution in [-0.2, 0) is 13.1 Å². The van der Waals surface area contributed by atoms with Crippen LogP contribution < -0.4 is 5.32 Å². The fourth-order valence-corrected chi connectivity index (χ4v) is 4.74. The van der Waals surface area contributed by atoms with Gasteiger partial charge in [-0.2, -0.15) is 0 Å². The number of anilines is 1. The van der Waals surface area contributed by atoms with Crippen LogP contribution in [0, 0.1) is 11.8 Å². The highest BCUT2D eigenvalue weighted by Gasteiger charge is 2.21. The van der Waals surface area contributed by atoms with Gasteiger partial charge < -0.3 is 14.8 Å². The molecule has 1 fully saturated rings. The average Bonchev–Trinajstić information content (AvgIpc) is 3.16. The maximum absolute atomic E-state index is 5.95. The highest BCUT2D eigenvalue weighted by Crippen LogP contribution is 2.26. The molecule has 32 heavy (non-hydrogen) atoms.